The minimum Gasteiger partial charge on any atom is -0.481 e. The van der Waals surface area contributed by atoms with Gasteiger partial charge < -0.3 is 10.1 Å². The summed E-state index contributed by atoms with van der Waals surface area (Å²) in [6, 6.07) is 12.9. The molecule has 0 radical (unpaired) electrons. The third-order valence-corrected chi connectivity index (χ3v) is 2.85. The Morgan fingerprint density at radius 2 is 1.95 bits per heavy atom. The average Bonchev–Trinajstić information content (AvgIpc) is 2.44. The molecule has 20 heavy (non-hydrogen) atoms. The summed E-state index contributed by atoms with van der Waals surface area (Å²) in [7, 11) is 0. The highest BCUT2D eigenvalue weighted by molar-refractivity contribution is 6.30. The fourth-order valence-corrected chi connectivity index (χ4v) is 1.76. The molecule has 0 aliphatic rings. The van der Waals surface area contributed by atoms with Gasteiger partial charge in [0.25, 0.3) is 5.91 Å². The zero-order chi connectivity index (χ0) is 14.5. The molecule has 1 atom stereocenters. The Morgan fingerprint density at radius 3 is 2.65 bits per heavy atom. The van der Waals surface area contributed by atoms with Gasteiger partial charge in [-0.1, -0.05) is 29.8 Å². The highest BCUT2D eigenvalue weighted by Gasteiger charge is 2.16. The minimum atomic E-state index is -0.754. The summed E-state index contributed by atoms with van der Waals surface area (Å²) in [5.41, 5.74) is 0.0333. The van der Waals surface area contributed by atoms with Gasteiger partial charge in [0.05, 0.1) is 5.69 Å². The number of amides is 1. The number of para-hydroxylation sites is 1. The summed E-state index contributed by atoms with van der Waals surface area (Å²) >= 11 is 5.76. The van der Waals surface area contributed by atoms with E-state index in [1.807, 2.05) is 6.07 Å². The van der Waals surface area contributed by atoms with Crippen LogP contribution in [0, 0.1) is 5.82 Å². The molecule has 0 bridgehead atoms. The number of halogens is 2. The predicted octanol–water partition coefficient (Wildman–Crippen LogP) is 3.89. The van der Waals surface area contributed by atoms with Crippen molar-refractivity contribution in [3.8, 4) is 5.75 Å². The van der Waals surface area contributed by atoms with Crippen molar-refractivity contribution in [2.75, 3.05) is 5.32 Å². The van der Waals surface area contributed by atoms with E-state index in [4.69, 9.17) is 16.3 Å². The van der Waals surface area contributed by atoms with Gasteiger partial charge in [-0.15, -0.1) is 0 Å². The quantitative estimate of drug-likeness (QED) is 0.929. The highest BCUT2D eigenvalue weighted by Crippen LogP contribution is 2.20. The predicted molar refractivity (Wildman–Crippen MR) is 76.6 cm³/mol. The molecule has 0 aliphatic carbocycles. The molecule has 0 spiro atoms. The molecule has 1 N–H and O–H groups in total. The third kappa shape index (κ3) is 3.71. The van der Waals surface area contributed by atoms with Gasteiger partial charge in [-0.2, -0.15) is 0 Å². The van der Waals surface area contributed by atoms with Gasteiger partial charge in [-0.3, -0.25) is 4.79 Å². The third-order valence-electron chi connectivity index (χ3n) is 2.61. The van der Waals surface area contributed by atoms with Crippen molar-refractivity contribution in [2.24, 2.45) is 0 Å². The SMILES string of the molecule is CC(Oc1ccccc1)C(=O)Nc1cc(Cl)ccc1F. The van der Waals surface area contributed by atoms with Crippen molar-refractivity contribution in [1.82, 2.24) is 0 Å². The second-order valence-electron chi connectivity index (χ2n) is 4.19. The second-order valence-corrected chi connectivity index (χ2v) is 4.62. The topological polar surface area (TPSA) is 38.3 Å². The van der Waals surface area contributed by atoms with Crippen molar-refractivity contribution in [3.05, 3.63) is 59.4 Å². The van der Waals surface area contributed by atoms with E-state index in [9.17, 15) is 9.18 Å². The van der Waals surface area contributed by atoms with Gasteiger partial charge in [0, 0.05) is 5.02 Å². The summed E-state index contributed by atoms with van der Waals surface area (Å²) in [5.74, 6) is -0.425. The van der Waals surface area contributed by atoms with Crippen LogP contribution < -0.4 is 10.1 Å². The molecule has 0 saturated carbocycles. The summed E-state index contributed by atoms with van der Waals surface area (Å²) in [5, 5.41) is 2.79. The molecular weight excluding hydrogens is 281 g/mol. The van der Waals surface area contributed by atoms with E-state index in [1.54, 1.807) is 31.2 Å². The van der Waals surface area contributed by atoms with E-state index in [0.29, 0.717) is 10.8 Å². The van der Waals surface area contributed by atoms with Crippen molar-refractivity contribution >= 4 is 23.2 Å². The number of carbonyl (C=O) groups is 1. The molecular formula is C15H13ClFNO2. The van der Waals surface area contributed by atoms with Gasteiger partial charge in [0.15, 0.2) is 6.10 Å². The Bertz CT molecular complexity index is 604. The van der Waals surface area contributed by atoms with E-state index in [1.165, 1.54) is 18.2 Å². The van der Waals surface area contributed by atoms with Gasteiger partial charge in [0.2, 0.25) is 0 Å². The molecule has 2 aromatic rings. The number of ether oxygens (including phenoxy) is 1. The Kier molecular flexibility index (Phi) is 4.58. The first-order chi connectivity index (χ1) is 9.56. The zero-order valence-electron chi connectivity index (χ0n) is 10.8. The Labute approximate surface area is 121 Å². The van der Waals surface area contributed by atoms with Crippen LogP contribution in [0.3, 0.4) is 0 Å². The maximum Gasteiger partial charge on any atom is 0.265 e. The van der Waals surface area contributed by atoms with Gasteiger partial charge in [0.1, 0.15) is 11.6 Å². The standard InChI is InChI=1S/C15H13ClFNO2/c1-10(20-12-5-3-2-4-6-12)15(19)18-14-9-11(16)7-8-13(14)17/h2-10H,1H3,(H,18,19). The average molecular weight is 294 g/mol. The Morgan fingerprint density at radius 1 is 1.25 bits per heavy atom. The fourth-order valence-electron chi connectivity index (χ4n) is 1.58. The number of hydrogen-bond acceptors (Lipinski definition) is 2. The number of carbonyl (C=O) groups excluding carboxylic acids is 1. The molecule has 0 fully saturated rings. The zero-order valence-corrected chi connectivity index (χ0v) is 11.5. The monoisotopic (exact) mass is 293 g/mol. The second kappa shape index (κ2) is 6.39. The van der Waals surface area contributed by atoms with Crippen molar-refractivity contribution < 1.29 is 13.9 Å². The van der Waals surface area contributed by atoms with Crippen LogP contribution in [-0.2, 0) is 4.79 Å². The van der Waals surface area contributed by atoms with E-state index >= 15 is 0 Å². The summed E-state index contributed by atoms with van der Waals surface area (Å²) in [6.07, 6.45) is -0.754. The summed E-state index contributed by atoms with van der Waals surface area (Å²) in [4.78, 5) is 11.9. The molecule has 0 heterocycles. The normalized spacial score (nSPS) is 11.8. The molecule has 2 aromatic carbocycles. The van der Waals surface area contributed by atoms with Gasteiger partial charge >= 0.3 is 0 Å². The first-order valence-corrected chi connectivity index (χ1v) is 6.41. The largest absolute Gasteiger partial charge is 0.481 e. The number of rotatable bonds is 4. The van der Waals surface area contributed by atoms with Gasteiger partial charge in [-0.05, 0) is 37.3 Å². The van der Waals surface area contributed by atoms with Crippen molar-refractivity contribution in [2.45, 2.75) is 13.0 Å². The van der Waals surface area contributed by atoms with Crippen LogP contribution in [-0.4, -0.2) is 12.0 Å². The summed E-state index contributed by atoms with van der Waals surface area (Å²) in [6.45, 7) is 1.59. The number of nitrogens with one attached hydrogen (secondary N) is 1. The van der Waals surface area contributed by atoms with Gasteiger partial charge in [-0.25, -0.2) is 4.39 Å². The van der Waals surface area contributed by atoms with E-state index in [0.717, 1.165) is 0 Å². The molecule has 0 saturated heterocycles. The van der Waals surface area contributed by atoms with E-state index in [-0.39, 0.29) is 5.69 Å². The van der Waals surface area contributed by atoms with Crippen molar-refractivity contribution in [1.29, 1.82) is 0 Å². The lowest BCUT2D eigenvalue weighted by molar-refractivity contribution is -0.122. The van der Waals surface area contributed by atoms with E-state index in [2.05, 4.69) is 5.32 Å². The van der Waals surface area contributed by atoms with Crippen LogP contribution in [0.15, 0.2) is 48.5 Å². The molecule has 5 heteroatoms. The van der Waals surface area contributed by atoms with Crippen LogP contribution in [0.1, 0.15) is 6.92 Å². The summed E-state index contributed by atoms with van der Waals surface area (Å²) < 4.78 is 19.0. The molecule has 3 nitrogen and oxygen atoms in total. The Balaban J connectivity index is 2.02. The molecule has 1 amide bonds. The molecule has 0 aromatic heterocycles. The molecule has 0 aliphatic heterocycles. The van der Waals surface area contributed by atoms with E-state index < -0.39 is 17.8 Å². The highest BCUT2D eigenvalue weighted by atomic mass is 35.5. The molecule has 2 rings (SSSR count). The maximum atomic E-state index is 13.5. The fraction of sp³-hybridized carbons (Fsp3) is 0.133. The van der Waals surface area contributed by atoms with Crippen LogP contribution in [0.4, 0.5) is 10.1 Å². The first kappa shape index (κ1) is 14.3. The number of anilines is 1. The van der Waals surface area contributed by atoms with Crippen LogP contribution in [0.5, 0.6) is 5.75 Å². The smallest absolute Gasteiger partial charge is 0.265 e. The molecule has 1 unspecified atom stereocenters. The van der Waals surface area contributed by atoms with Crippen LogP contribution in [0.25, 0.3) is 0 Å². The minimum absolute atomic E-state index is 0.0333. The van der Waals surface area contributed by atoms with Crippen LogP contribution >= 0.6 is 11.6 Å². The number of hydrogen-bond donors (Lipinski definition) is 1. The number of benzene rings is 2. The Hall–Kier alpha value is -2.07. The lowest BCUT2D eigenvalue weighted by Crippen LogP contribution is -2.30. The lowest BCUT2D eigenvalue weighted by atomic mass is 10.2. The van der Waals surface area contributed by atoms with Crippen LogP contribution in [0.2, 0.25) is 5.02 Å². The maximum absolute atomic E-state index is 13.5. The first-order valence-electron chi connectivity index (χ1n) is 6.04. The lowest BCUT2D eigenvalue weighted by Gasteiger charge is -2.15. The molecule has 104 valence electrons. The van der Waals surface area contributed by atoms with Crippen molar-refractivity contribution in [3.63, 3.8) is 0 Å².